The molecule has 0 radical (unpaired) electrons. The van der Waals surface area contributed by atoms with Crippen LogP contribution in [0.2, 0.25) is 0 Å². The van der Waals surface area contributed by atoms with Crippen molar-refractivity contribution in [2.75, 3.05) is 98.8 Å². The van der Waals surface area contributed by atoms with Gasteiger partial charge in [-0.05, 0) is 158 Å². The fourth-order valence-corrected chi connectivity index (χ4v) is 19.5. The van der Waals surface area contributed by atoms with Gasteiger partial charge in [0.15, 0.2) is 25.3 Å². The molecule has 126 heavy (non-hydrogen) atoms. The van der Waals surface area contributed by atoms with Gasteiger partial charge < -0.3 is 91.6 Å². The highest BCUT2D eigenvalue weighted by Gasteiger charge is 2.46. The van der Waals surface area contributed by atoms with Crippen molar-refractivity contribution >= 4 is 57.5 Å². The molecule has 32 nitrogen and oxygen atoms in total. The Labute approximate surface area is 737 Å². The van der Waals surface area contributed by atoms with E-state index in [1.54, 1.807) is 12.1 Å². The third kappa shape index (κ3) is 32.5. The molecule has 37 heteroatoms. The monoisotopic (exact) mass is 1840 g/mol. The maximum atomic E-state index is 14.3. The van der Waals surface area contributed by atoms with Crippen LogP contribution in [0.15, 0.2) is 228 Å². The second-order valence-corrected chi connectivity index (χ2v) is 41.2. The van der Waals surface area contributed by atoms with Crippen molar-refractivity contribution < 1.29 is 125 Å². The Bertz CT molecular complexity index is 5010. The lowest BCUT2D eigenvalue weighted by Crippen LogP contribution is -2.51. The van der Waals surface area contributed by atoms with Crippen LogP contribution < -0.4 is 24.8 Å². The van der Waals surface area contributed by atoms with Crippen LogP contribution >= 0.6 is 15.2 Å². The van der Waals surface area contributed by atoms with Gasteiger partial charge in [-0.3, -0.25) is 13.7 Å². The summed E-state index contributed by atoms with van der Waals surface area (Å²) >= 11 is 0. The minimum Gasteiger partial charge on any atom is -0.508 e. The third-order valence-corrected chi connectivity index (χ3v) is 27.0. The number of amides is 2. The fraction of sp³-hybridized carbons (Fsp3) is 0.438. The van der Waals surface area contributed by atoms with E-state index in [4.69, 9.17) is 65.3 Å². The average molecular weight is 1850 g/mol. The Hall–Kier alpha value is -8.75. The Balaban J connectivity index is 0.000000250. The molecule has 12 rings (SSSR count). The summed E-state index contributed by atoms with van der Waals surface area (Å²) in [5.74, 6) is 0.784. The largest absolute Gasteiger partial charge is 0.508 e. The van der Waals surface area contributed by atoms with Gasteiger partial charge in [-0.15, -0.1) is 0 Å². The number of aromatic hydroxyl groups is 1. The summed E-state index contributed by atoms with van der Waals surface area (Å²) in [4.78, 5) is 28.5. The summed E-state index contributed by atoms with van der Waals surface area (Å²) in [7, 11) is -15.7. The number of phenolic OH excluding ortho intramolecular Hbond substituents is 1. The minimum atomic E-state index is -4.19. The van der Waals surface area contributed by atoms with Crippen molar-refractivity contribution in [3.05, 3.63) is 252 Å². The molecule has 4 saturated heterocycles. The second-order valence-electron chi connectivity index (χ2n) is 31.9. The van der Waals surface area contributed by atoms with Gasteiger partial charge in [0.1, 0.15) is 41.8 Å². The molecule has 8 aromatic carbocycles. The molecule has 10 atom stereocenters. The average Bonchev–Trinajstić information content (AvgIpc) is 1.07. The molecule has 2 unspecified atom stereocenters. The van der Waals surface area contributed by atoms with Crippen molar-refractivity contribution in [2.24, 2.45) is 23.7 Å². The normalized spacial score (nSPS) is 18.6. The lowest BCUT2D eigenvalue weighted by molar-refractivity contribution is -0.0909. The maximum Gasteiger partial charge on any atom is 0.407 e. The topological polar surface area (TPSA) is 405 Å². The van der Waals surface area contributed by atoms with Gasteiger partial charge in [0.25, 0.3) is 10.1 Å². The molecule has 686 valence electrons. The first kappa shape index (κ1) is 99.4. The van der Waals surface area contributed by atoms with Gasteiger partial charge in [-0.2, -0.15) is 17.0 Å². The molecule has 4 heterocycles. The van der Waals surface area contributed by atoms with Gasteiger partial charge >= 0.3 is 27.4 Å². The molecular formula is C89H115N5O27P2S3. The SMILES string of the molecule is CC(C)CN(C[C@@H](O)[C@H](Cc1ccc(O)cc1)NC(=O)OC1CO[C@H]2OCC[C@@H]12)S(=O)(=O)c1ccc(OCP(=O)(OCc2ccccc2)OCc2ccccc2)cc1.CC(C)CN(C[C@@H](O)[C@H](Cc1ccc(OCCN(C)C)cc1)NC(=O)OC1CO[C@H]2OCC[C@@H]12)S(=O)(=O)c1ccc(OCP(=O)(OCc2ccccc2)OCc2ccccc2)cc1.CS(=O)(=O)O. The van der Waals surface area contributed by atoms with Gasteiger partial charge in [0, 0.05) is 32.7 Å². The number of rotatable bonds is 44. The highest BCUT2D eigenvalue weighted by Crippen LogP contribution is 2.51. The maximum absolute atomic E-state index is 14.3. The van der Waals surface area contributed by atoms with Crippen LogP contribution in [0.25, 0.3) is 0 Å². The number of aliphatic hydroxyl groups excluding tert-OH is 2. The highest BCUT2D eigenvalue weighted by molar-refractivity contribution is 7.89. The Kier molecular flexibility index (Phi) is 37.9. The number of ether oxygens (including phenoxy) is 9. The number of likely N-dealkylation sites (N-methyl/N-ethyl adjacent to an activating group) is 1. The molecule has 0 saturated carbocycles. The number of phenols is 1. The van der Waals surface area contributed by atoms with E-state index in [2.05, 4.69) is 10.6 Å². The molecule has 4 aliphatic rings. The first-order chi connectivity index (χ1) is 60.1. The summed E-state index contributed by atoms with van der Waals surface area (Å²) in [5.41, 5.74) is 4.68. The standard InChI is InChI=1S/C46H60N3O12PS.C42H51N2O12PS.CH4O3S/c1-34(2)28-49(29-43(50)42(27-35-15-17-38(18-16-35)55-26-24-48(3)4)47-46(51)61-44-32-57-45-41(44)23-25-56-45)63(53,54)40-21-19-39(20-22-40)58-33-62(52,59-30-36-11-7-5-8-12-36)60-31-37-13-9-6-10-14-37;1-30(2)24-44(25-39(46)38(23-31-13-15-34(45)16-14-31)43-42(47)56-40-28-52-41-37(40)21-22-51-41)58(49,50)36-19-17-35(18-20-36)53-29-57(48,54-26-32-9-5-3-6-10-32)55-27-33-11-7-4-8-12-33;1-5(2,3)4/h5-22,34,41-45,50H,23-33H2,1-4H3,(H,47,51);3-20,30,37-41,45-46H,21-29H2,1-2H3,(H,43,47);1H3,(H,2,3,4)/t41-,42-,43+,44?,45+;37-,38-,39+,40?,41+;/m00./s1. The minimum absolute atomic E-state index is 0.0310. The first-order valence-electron chi connectivity index (χ1n) is 41.3. The number of hydrogen-bond acceptors (Lipinski definition) is 27. The molecule has 4 fully saturated rings. The van der Waals surface area contributed by atoms with Crippen molar-refractivity contribution in [3.8, 4) is 23.0 Å². The van der Waals surface area contributed by atoms with E-state index < -0.39 is 119 Å². The van der Waals surface area contributed by atoms with Gasteiger partial charge in [0.05, 0.1) is 105 Å². The van der Waals surface area contributed by atoms with Crippen LogP contribution in [0, 0.1) is 23.7 Å². The summed E-state index contributed by atoms with van der Waals surface area (Å²) in [6, 6.07) is 60.1. The van der Waals surface area contributed by atoms with Gasteiger partial charge in [0.2, 0.25) is 20.0 Å². The van der Waals surface area contributed by atoms with E-state index in [-0.39, 0.29) is 129 Å². The number of hydrogen-bond donors (Lipinski definition) is 6. The Morgan fingerprint density at radius 2 is 0.770 bits per heavy atom. The lowest BCUT2D eigenvalue weighted by atomic mass is 10.0. The van der Waals surface area contributed by atoms with Crippen molar-refractivity contribution in [2.45, 2.75) is 139 Å². The van der Waals surface area contributed by atoms with E-state index in [1.165, 1.54) is 69.3 Å². The van der Waals surface area contributed by atoms with E-state index >= 15 is 0 Å². The van der Waals surface area contributed by atoms with E-state index in [9.17, 15) is 59.3 Å². The zero-order chi connectivity index (χ0) is 90.4. The van der Waals surface area contributed by atoms with Gasteiger partial charge in [-0.25, -0.2) is 26.4 Å². The van der Waals surface area contributed by atoms with Crippen LogP contribution in [0.5, 0.6) is 23.0 Å². The van der Waals surface area contributed by atoms with E-state index in [0.717, 1.165) is 34.4 Å². The number of benzene rings is 8. The van der Waals surface area contributed by atoms with Crippen LogP contribution in [0.3, 0.4) is 0 Å². The van der Waals surface area contributed by atoms with Crippen LogP contribution in [0.1, 0.15) is 73.9 Å². The molecular weight excluding hydrogens is 1730 g/mol. The number of fused-ring (bicyclic) bond motifs is 2. The number of aliphatic hydroxyl groups is 2. The smallest absolute Gasteiger partial charge is 0.407 e. The van der Waals surface area contributed by atoms with Gasteiger partial charge in [-0.1, -0.05) is 173 Å². The quantitative estimate of drug-likeness (QED) is 0.0153. The highest BCUT2D eigenvalue weighted by atomic mass is 32.2. The second kappa shape index (κ2) is 48.1. The van der Waals surface area contributed by atoms with E-state index in [0.29, 0.717) is 50.2 Å². The van der Waals surface area contributed by atoms with Crippen LogP contribution in [-0.2, 0) is 125 Å². The van der Waals surface area contributed by atoms with Crippen molar-refractivity contribution in [1.82, 2.24) is 24.1 Å². The number of carbonyl (C=O) groups is 2. The summed E-state index contributed by atoms with van der Waals surface area (Å²) in [6.07, 6.45) is -4.62. The molecule has 2 amide bonds. The number of carbonyl (C=O) groups excluding carboxylic acids is 2. The summed E-state index contributed by atoms with van der Waals surface area (Å²) in [6.45, 7) is 9.71. The molecule has 0 bridgehead atoms. The van der Waals surface area contributed by atoms with Crippen molar-refractivity contribution in [1.29, 1.82) is 0 Å². The molecule has 0 aromatic heterocycles. The zero-order valence-corrected chi connectivity index (χ0v) is 75.7. The predicted molar refractivity (Wildman–Crippen MR) is 469 cm³/mol. The number of sulfonamides is 2. The summed E-state index contributed by atoms with van der Waals surface area (Å²) < 4.78 is 188. The van der Waals surface area contributed by atoms with Crippen LogP contribution in [-0.4, -0.2) is 219 Å². The Morgan fingerprint density at radius 1 is 0.452 bits per heavy atom. The van der Waals surface area contributed by atoms with Crippen molar-refractivity contribution in [3.63, 3.8) is 0 Å². The summed E-state index contributed by atoms with van der Waals surface area (Å²) in [5, 5.41) is 38.9. The number of alkyl carbamates (subject to hydrolysis) is 2. The number of nitrogens with zero attached hydrogens (tertiary/aromatic N) is 3. The third-order valence-electron chi connectivity index (χ3n) is 20.3. The van der Waals surface area contributed by atoms with E-state index in [1.807, 2.05) is 192 Å². The zero-order valence-electron chi connectivity index (χ0n) is 71.5. The number of nitrogens with one attached hydrogen (secondary N) is 2. The first-order valence-corrected chi connectivity index (χ1v) is 49.5. The lowest BCUT2D eigenvalue weighted by Gasteiger charge is -2.31. The Morgan fingerprint density at radius 3 is 1.10 bits per heavy atom. The fourth-order valence-electron chi connectivity index (χ4n) is 13.8. The molecule has 0 spiro atoms. The molecule has 8 aromatic rings. The molecule has 0 aliphatic carbocycles. The molecule has 6 N–H and O–H groups in total. The van der Waals surface area contributed by atoms with Crippen LogP contribution in [0.4, 0.5) is 9.59 Å². The predicted octanol–water partition coefficient (Wildman–Crippen LogP) is 12.7. The molecule has 4 aliphatic heterocycles.